The van der Waals surface area contributed by atoms with Gasteiger partial charge in [-0.05, 0) is 23.8 Å². The number of amidine groups is 1. The molecule has 0 spiro atoms. The fraction of sp³-hybridized carbons (Fsp3) is 0.188. The smallest absolute Gasteiger partial charge is 0.153 e. The zero-order valence-electron chi connectivity index (χ0n) is 11.2. The fourth-order valence-corrected chi connectivity index (χ4v) is 2.51. The lowest BCUT2D eigenvalue weighted by Crippen LogP contribution is -2.40. The van der Waals surface area contributed by atoms with E-state index in [9.17, 15) is 5.11 Å². The van der Waals surface area contributed by atoms with Gasteiger partial charge < -0.3 is 15.6 Å². The summed E-state index contributed by atoms with van der Waals surface area (Å²) in [5.41, 5.74) is 7.08. The van der Waals surface area contributed by atoms with Gasteiger partial charge in [-0.1, -0.05) is 30.3 Å². The molecule has 2 aromatic carbocycles. The van der Waals surface area contributed by atoms with Gasteiger partial charge in [-0.25, -0.2) is 4.99 Å². The average molecular weight is 268 g/mol. The standard InChI is InChI=1S/C16H16N2O2/c1-20-12-7-8-14-13(9-12)16(19,15(17)18-14)10-11-5-3-2-4-6-11/h2-9,19H,10H2,1H3,(H2,17,18). The lowest BCUT2D eigenvalue weighted by atomic mass is 9.87. The van der Waals surface area contributed by atoms with E-state index in [1.54, 1.807) is 13.2 Å². The molecule has 0 saturated carbocycles. The second kappa shape index (κ2) is 4.65. The van der Waals surface area contributed by atoms with Crippen molar-refractivity contribution in [2.24, 2.45) is 10.7 Å². The molecular formula is C16H16N2O2. The largest absolute Gasteiger partial charge is 0.497 e. The number of hydrogen-bond acceptors (Lipinski definition) is 4. The van der Waals surface area contributed by atoms with Crippen molar-refractivity contribution in [2.75, 3.05) is 7.11 Å². The van der Waals surface area contributed by atoms with Crippen LogP contribution in [0.3, 0.4) is 0 Å². The maximum Gasteiger partial charge on any atom is 0.153 e. The summed E-state index contributed by atoms with van der Waals surface area (Å²) in [5, 5.41) is 11.0. The van der Waals surface area contributed by atoms with Gasteiger partial charge in [0.2, 0.25) is 0 Å². The minimum atomic E-state index is -1.27. The van der Waals surface area contributed by atoms with Gasteiger partial charge in [0, 0.05) is 12.0 Å². The lowest BCUT2D eigenvalue weighted by molar-refractivity contribution is 0.114. The minimum Gasteiger partial charge on any atom is -0.497 e. The molecule has 0 fully saturated rings. The Morgan fingerprint density at radius 1 is 1.20 bits per heavy atom. The molecular weight excluding hydrogens is 252 g/mol. The zero-order chi connectivity index (χ0) is 14.2. The summed E-state index contributed by atoms with van der Waals surface area (Å²) in [6, 6.07) is 15.2. The van der Waals surface area contributed by atoms with Crippen LogP contribution in [0.4, 0.5) is 5.69 Å². The van der Waals surface area contributed by atoms with Gasteiger partial charge in [0.1, 0.15) is 11.6 Å². The van der Waals surface area contributed by atoms with E-state index in [1.807, 2.05) is 42.5 Å². The van der Waals surface area contributed by atoms with Crippen molar-refractivity contribution in [3.63, 3.8) is 0 Å². The van der Waals surface area contributed by atoms with Gasteiger partial charge in [-0.3, -0.25) is 0 Å². The van der Waals surface area contributed by atoms with Crippen LogP contribution in [0.1, 0.15) is 11.1 Å². The van der Waals surface area contributed by atoms with Gasteiger partial charge in [0.05, 0.1) is 12.8 Å². The molecule has 0 radical (unpaired) electrons. The minimum absolute atomic E-state index is 0.226. The summed E-state index contributed by atoms with van der Waals surface area (Å²) < 4.78 is 5.22. The van der Waals surface area contributed by atoms with Crippen molar-refractivity contribution in [1.29, 1.82) is 0 Å². The van der Waals surface area contributed by atoms with E-state index in [1.165, 1.54) is 0 Å². The van der Waals surface area contributed by atoms with E-state index in [0.717, 1.165) is 5.56 Å². The zero-order valence-corrected chi connectivity index (χ0v) is 11.2. The van der Waals surface area contributed by atoms with Crippen molar-refractivity contribution >= 4 is 11.5 Å². The van der Waals surface area contributed by atoms with E-state index in [2.05, 4.69) is 4.99 Å². The van der Waals surface area contributed by atoms with Crippen LogP contribution >= 0.6 is 0 Å². The normalized spacial score (nSPS) is 20.4. The Bertz CT molecular complexity index is 667. The van der Waals surface area contributed by atoms with E-state index >= 15 is 0 Å². The molecule has 102 valence electrons. The van der Waals surface area contributed by atoms with Crippen molar-refractivity contribution in [2.45, 2.75) is 12.0 Å². The second-order valence-electron chi connectivity index (χ2n) is 4.90. The summed E-state index contributed by atoms with van der Waals surface area (Å²) >= 11 is 0. The monoisotopic (exact) mass is 268 g/mol. The molecule has 0 bridgehead atoms. The number of hydrogen-bond donors (Lipinski definition) is 2. The Morgan fingerprint density at radius 3 is 2.65 bits per heavy atom. The summed E-state index contributed by atoms with van der Waals surface area (Å²) in [5.74, 6) is 0.907. The molecule has 1 aliphatic heterocycles. The number of methoxy groups -OCH3 is 1. The summed E-state index contributed by atoms with van der Waals surface area (Å²) in [6.45, 7) is 0. The van der Waals surface area contributed by atoms with Crippen LogP contribution in [-0.4, -0.2) is 18.1 Å². The van der Waals surface area contributed by atoms with Gasteiger partial charge >= 0.3 is 0 Å². The lowest BCUT2D eigenvalue weighted by Gasteiger charge is -2.24. The number of ether oxygens (including phenoxy) is 1. The molecule has 20 heavy (non-hydrogen) atoms. The number of fused-ring (bicyclic) bond motifs is 1. The first-order chi connectivity index (χ1) is 9.63. The third kappa shape index (κ3) is 1.94. The Hall–Kier alpha value is -2.33. The summed E-state index contributed by atoms with van der Waals surface area (Å²) in [4.78, 5) is 4.27. The molecule has 3 rings (SSSR count). The van der Waals surface area contributed by atoms with Crippen LogP contribution in [0.5, 0.6) is 5.75 Å². The van der Waals surface area contributed by atoms with E-state index in [0.29, 0.717) is 23.4 Å². The molecule has 2 aromatic rings. The molecule has 0 saturated heterocycles. The van der Waals surface area contributed by atoms with Crippen LogP contribution in [0.15, 0.2) is 53.5 Å². The number of aliphatic hydroxyl groups is 1. The summed E-state index contributed by atoms with van der Waals surface area (Å²) in [7, 11) is 1.59. The molecule has 1 aliphatic rings. The van der Waals surface area contributed by atoms with E-state index < -0.39 is 5.60 Å². The molecule has 4 nitrogen and oxygen atoms in total. The highest BCUT2D eigenvalue weighted by atomic mass is 16.5. The van der Waals surface area contributed by atoms with E-state index in [-0.39, 0.29) is 5.84 Å². The first-order valence-corrected chi connectivity index (χ1v) is 6.43. The molecule has 0 aromatic heterocycles. The highest BCUT2D eigenvalue weighted by Crippen LogP contribution is 2.41. The highest BCUT2D eigenvalue weighted by Gasteiger charge is 2.40. The maximum absolute atomic E-state index is 11.0. The average Bonchev–Trinajstić information content (AvgIpc) is 2.71. The van der Waals surface area contributed by atoms with Crippen molar-refractivity contribution in [1.82, 2.24) is 0 Å². The van der Waals surface area contributed by atoms with E-state index in [4.69, 9.17) is 10.5 Å². The topological polar surface area (TPSA) is 67.8 Å². The maximum atomic E-state index is 11.0. The number of aliphatic imine (C=N–C) groups is 1. The third-order valence-electron chi connectivity index (χ3n) is 3.62. The van der Waals surface area contributed by atoms with Crippen molar-refractivity contribution < 1.29 is 9.84 Å². The third-order valence-corrected chi connectivity index (χ3v) is 3.62. The molecule has 1 atom stereocenters. The SMILES string of the molecule is COc1ccc2c(c1)C(O)(Cc1ccccc1)C(N)=N2. The first-order valence-electron chi connectivity index (χ1n) is 6.43. The Kier molecular flexibility index (Phi) is 2.95. The highest BCUT2D eigenvalue weighted by molar-refractivity contribution is 5.98. The molecule has 3 N–H and O–H groups in total. The Morgan fingerprint density at radius 2 is 1.95 bits per heavy atom. The number of nitrogens with two attached hydrogens (primary N) is 1. The molecule has 1 unspecified atom stereocenters. The molecule has 4 heteroatoms. The predicted molar refractivity (Wildman–Crippen MR) is 78.3 cm³/mol. The Balaban J connectivity index is 2.04. The summed E-state index contributed by atoms with van der Waals surface area (Å²) in [6.07, 6.45) is 0.392. The Labute approximate surface area is 117 Å². The molecule has 0 aliphatic carbocycles. The second-order valence-corrected chi connectivity index (χ2v) is 4.90. The molecule has 1 heterocycles. The van der Waals surface area contributed by atoms with Crippen molar-refractivity contribution in [3.8, 4) is 5.75 Å². The van der Waals surface area contributed by atoms with Crippen LogP contribution in [-0.2, 0) is 12.0 Å². The fourth-order valence-electron chi connectivity index (χ4n) is 2.51. The first kappa shape index (κ1) is 12.7. The quantitative estimate of drug-likeness (QED) is 0.896. The van der Waals surface area contributed by atoms with Crippen molar-refractivity contribution in [3.05, 3.63) is 59.7 Å². The molecule has 0 amide bonds. The van der Waals surface area contributed by atoms with Crippen LogP contribution in [0.25, 0.3) is 0 Å². The number of benzene rings is 2. The van der Waals surface area contributed by atoms with Gasteiger partial charge in [-0.2, -0.15) is 0 Å². The predicted octanol–water partition coefficient (Wildman–Crippen LogP) is 2.13. The van der Waals surface area contributed by atoms with Gasteiger partial charge in [0.15, 0.2) is 5.60 Å². The van der Waals surface area contributed by atoms with Crippen LogP contribution in [0.2, 0.25) is 0 Å². The number of rotatable bonds is 3. The van der Waals surface area contributed by atoms with Crippen LogP contribution in [0, 0.1) is 0 Å². The van der Waals surface area contributed by atoms with Crippen LogP contribution < -0.4 is 10.5 Å². The van der Waals surface area contributed by atoms with Gasteiger partial charge in [0.25, 0.3) is 0 Å². The number of nitrogens with zero attached hydrogens (tertiary/aromatic N) is 1. The van der Waals surface area contributed by atoms with Gasteiger partial charge in [-0.15, -0.1) is 0 Å².